The number of nitrogens with one attached hydrogen (secondary N) is 1. The molecule has 1 atom stereocenters. The first kappa shape index (κ1) is 32.9. The SMILES string of the molecule is Nc1nnc(-c2ccccc2O)cc1N1CCC2(CC1)CN(C(=O)CCCCCCCCNCC(=O)N1CCC(O)C1)CCO2. The van der Waals surface area contributed by atoms with Gasteiger partial charge in [-0.25, -0.2) is 0 Å². The molecule has 0 aliphatic carbocycles. The van der Waals surface area contributed by atoms with Crippen LogP contribution in [0.3, 0.4) is 0 Å². The lowest BCUT2D eigenvalue weighted by Crippen LogP contribution is -2.58. The Balaban J connectivity index is 0.970. The number of aliphatic hydroxyl groups excluding tert-OH is 1. The number of nitrogens with zero attached hydrogens (tertiary/aromatic N) is 5. The summed E-state index contributed by atoms with van der Waals surface area (Å²) in [6, 6.07) is 8.94. The predicted molar refractivity (Wildman–Crippen MR) is 173 cm³/mol. The number of aliphatic hydroxyl groups is 1. The number of benzene rings is 1. The van der Waals surface area contributed by atoms with Crippen molar-refractivity contribution in [1.29, 1.82) is 0 Å². The van der Waals surface area contributed by atoms with E-state index in [0.717, 1.165) is 76.7 Å². The van der Waals surface area contributed by atoms with Gasteiger partial charge in [0.2, 0.25) is 11.8 Å². The third kappa shape index (κ3) is 8.83. The molecule has 3 aliphatic heterocycles. The fraction of sp³-hybridized carbons (Fsp3) is 0.636. The number of rotatable bonds is 13. The zero-order chi connectivity index (χ0) is 31.6. The molecule has 2 amide bonds. The summed E-state index contributed by atoms with van der Waals surface area (Å²) in [6.07, 6.45) is 8.78. The Morgan fingerprint density at radius 3 is 2.49 bits per heavy atom. The van der Waals surface area contributed by atoms with Crippen LogP contribution in [0.15, 0.2) is 30.3 Å². The van der Waals surface area contributed by atoms with Crippen LogP contribution in [0.5, 0.6) is 5.75 Å². The van der Waals surface area contributed by atoms with Crippen molar-refractivity contribution < 1.29 is 24.5 Å². The van der Waals surface area contributed by atoms with Crippen LogP contribution in [-0.4, -0.2) is 113 Å². The second-order valence-corrected chi connectivity index (χ2v) is 12.7. The highest BCUT2D eigenvalue weighted by atomic mass is 16.5. The largest absolute Gasteiger partial charge is 0.507 e. The number of aromatic nitrogens is 2. The number of hydrogen-bond donors (Lipinski definition) is 4. The number of anilines is 2. The van der Waals surface area contributed by atoms with Crippen molar-refractivity contribution in [3.63, 3.8) is 0 Å². The van der Waals surface area contributed by atoms with Gasteiger partial charge >= 0.3 is 0 Å². The molecule has 246 valence electrons. The molecule has 2 aromatic rings. The van der Waals surface area contributed by atoms with Crippen molar-refractivity contribution >= 4 is 23.3 Å². The van der Waals surface area contributed by atoms with Crippen LogP contribution in [0.25, 0.3) is 11.3 Å². The molecule has 12 heteroatoms. The smallest absolute Gasteiger partial charge is 0.236 e. The van der Waals surface area contributed by atoms with Gasteiger partial charge in [-0.1, -0.05) is 37.8 Å². The highest BCUT2D eigenvalue weighted by molar-refractivity contribution is 5.78. The standard InChI is InChI=1S/C33H49N7O5/c34-32-28(21-27(36-37-32)26-9-6-7-10-29(26)42)38-17-13-33(14-18-38)24-40(19-20-45-33)30(43)11-5-3-1-2-4-8-15-35-22-31(44)39-16-12-25(41)23-39/h6-7,9-10,21,25,35,41-42H,1-5,8,11-20,22-24H2,(H2,34,37). The Morgan fingerprint density at radius 2 is 1.73 bits per heavy atom. The molecule has 1 spiro atoms. The normalized spacial score (nSPS) is 19.8. The van der Waals surface area contributed by atoms with Crippen LogP contribution in [0.1, 0.15) is 64.2 Å². The third-order valence-corrected chi connectivity index (χ3v) is 9.38. The molecule has 0 saturated carbocycles. The number of unbranched alkanes of at least 4 members (excludes halogenated alkanes) is 5. The third-order valence-electron chi connectivity index (χ3n) is 9.38. The van der Waals surface area contributed by atoms with Crippen LogP contribution >= 0.6 is 0 Å². The maximum absolute atomic E-state index is 13.1. The number of phenols is 1. The van der Waals surface area contributed by atoms with Gasteiger partial charge in [-0.2, -0.15) is 0 Å². The molecule has 3 saturated heterocycles. The fourth-order valence-electron chi connectivity index (χ4n) is 6.65. The minimum absolute atomic E-state index is 0.0701. The fourth-order valence-corrected chi connectivity index (χ4v) is 6.65. The number of morpholine rings is 1. The van der Waals surface area contributed by atoms with Gasteiger partial charge in [-0.15, -0.1) is 10.2 Å². The van der Waals surface area contributed by atoms with E-state index < -0.39 is 0 Å². The summed E-state index contributed by atoms with van der Waals surface area (Å²) in [5, 5.41) is 31.4. The number of aromatic hydroxyl groups is 1. The van der Waals surface area contributed by atoms with E-state index in [2.05, 4.69) is 20.4 Å². The molecule has 12 nitrogen and oxygen atoms in total. The highest BCUT2D eigenvalue weighted by Gasteiger charge is 2.41. The zero-order valence-electron chi connectivity index (χ0n) is 26.3. The Hall–Kier alpha value is -3.48. The van der Waals surface area contributed by atoms with Crippen molar-refractivity contribution in [3.05, 3.63) is 30.3 Å². The summed E-state index contributed by atoms with van der Waals surface area (Å²) >= 11 is 0. The maximum Gasteiger partial charge on any atom is 0.236 e. The number of para-hydroxylation sites is 1. The molecule has 0 radical (unpaired) electrons. The molecule has 3 fully saturated rings. The van der Waals surface area contributed by atoms with E-state index in [1.165, 1.54) is 0 Å². The van der Waals surface area contributed by atoms with Crippen LogP contribution in [0, 0.1) is 0 Å². The van der Waals surface area contributed by atoms with Crippen molar-refractivity contribution in [3.8, 4) is 17.0 Å². The summed E-state index contributed by atoms with van der Waals surface area (Å²) in [6.45, 7) is 5.56. The summed E-state index contributed by atoms with van der Waals surface area (Å²) < 4.78 is 6.30. The van der Waals surface area contributed by atoms with Crippen LogP contribution in [0.2, 0.25) is 0 Å². The van der Waals surface area contributed by atoms with Crippen molar-refractivity contribution in [2.45, 2.75) is 75.9 Å². The van der Waals surface area contributed by atoms with Gasteiger partial charge in [0.05, 0.1) is 36.2 Å². The summed E-state index contributed by atoms with van der Waals surface area (Å²) in [5.74, 6) is 0.792. The summed E-state index contributed by atoms with van der Waals surface area (Å²) in [5.41, 5.74) is 7.87. The summed E-state index contributed by atoms with van der Waals surface area (Å²) in [7, 11) is 0. The molecular weight excluding hydrogens is 574 g/mol. The Labute approximate surface area is 265 Å². The number of carbonyl (C=O) groups is 2. The van der Waals surface area contributed by atoms with E-state index in [9.17, 15) is 19.8 Å². The van der Waals surface area contributed by atoms with Gasteiger partial charge in [0.25, 0.3) is 0 Å². The van der Waals surface area contributed by atoms with Crippen LogP contribution in [0.4, 0.5) is 11.5 Å². The van der Waals surface area contributed by atoms with E-state index in [0.29, 0.717) is 69.2 Å². The molecule has 1 aromatic heterocycles. The minimum Gasteiger partial charge on any atom is -0.507 e. The quantitative estimate of drug-likeness (QED) is 0.245. The first-order valence-electron chi connectivity index (χ1n) is 16.6. The maximum atomic E-state index is 13.1. The first-order chi connectivity index (χ1) is 21.8. The van der Waals surface area contributed by atoms with E-state index in [1.54, 1.807) is 17.0 Å². The Bertz CT molecular complexity index is 1290. The van der Waals surface area contributed by atoms with E-state index in [-0.39, 0.29) is 29.3 Å². The lowest BCUT2D eigenvalue weighted by atomic mass is 9.89. The topological polar surface area (TPSA) is 157 Å². The molecule has 1 aromatic carbocycles. The first-order valence-corrected chi connectivity index (χ1v) is 16.6. The second-order valence-electron chi connectivity index (χ2n) is 12.7. The van der Waals surface area contributed by atoms with Gasteiger partial charge < -0.3 is 40.7 Å². The number of phenolic OH excluding ortho intramolecular Hbond substituents is 1. The van der Waals surface area contributed by atoms with Gasteiger partial charge in [0.15, 0.2) is 5.82 Å². The molecule has 4 heterocycles. The van der Waals surface area contributed by atoms with E-state index in [4.69, 9.17) is 10.5 Å². The van der Waals surface area contributed by atoms with E-state index in [1.807, 2.05) is 23.1 Å². The molecule has 45 heavy (non-hydrogen) atoms. The van der Waals surface area contributed by atoms with Gasteiger partial charge in [-0.05, 0) is 56.8 Å². The molecule has 5 rings (SSSR count). The number of ether oxygens (including phenoxy) is 1. The zero-order valence-corrected chi connectivity index (χ0v) is 26.3. The second kappa shape index (κ2) is 15.7. The average molecular weight is 624 g/mol. The lowest BCUT2D eigenvalue weighted by Gasteiger charge is -2.47. The molecule has 1 unspecified atom stereocenters. The van der Waals surface area contributed by atoms with Crippen molar-refractivity contribution in [2.75, 3.05) is 69.6 Å². The Kier molecular flexibility index (Phi) is 11.5. The van der Waals surface area contributed by atoms with Gasteiger partial charge in [0.1, 0.15) is 5.75 Å². The monoisotopic (exact) mass is 623 g/mol. The van der Waals surface area contributed by atoms with E-state index >= 15 is 0 Å². The number of β-amino-alcohol motifs (C(OH)–C–C–N with tert-alkyl or cyclic N) is 1. The average Bonchev–Trinajstić information content (AvgIpc) is 3.49. The van der Waals surface area contributed by atoms with Crippen molar-refractivity contribution in [2.24, 2.45) is 0 Å². The predicted octanol–water partition coefficient (Wildman–Crippen LogP) is 2.54. The number of carbonyl (C=O) groups excluding carboxylic acids is 2. The van der Waals surface area contributed by atoms with Gasteiger partial charge in [-0.3, -0.25) is 9.59 Å². The summed E-state index contributed by atoms with van der Waals surface area (Å²) in [4.78, 5) is 31.1. The van der Waals surface area contributed by atoms with Crippen LogP contribution in [-0.2, 0) is 14.3 Å². The minimum atomic E-state index is -0.371. The van der Waals surface area contributed by atoms with Crippen molar-refractivity contribution in [1.82, 2.24) is 25.3 Å². The lowest BCUT2D eigenvalue weighted by molar-refractivity contribution is -0.154. The highest BCUT2D eigenvalue weighted by Crippen LogP contribution is 2.36. The Morgan fingerprint density at radius 1 is 0.978 bits per heavy atom. The van der Waals surface area contributed by atoms with Gasteiger partial charge in [0, 0.05) is 51.3 Å². The number of nitrogen functional groups attached to an aromatic ring is 1. The number of likely N-dealkylation sites (tertiary alicyclic amines) is 1. The number of amides is 2. The molecule has 5 N–H and O–H groups in total. The molecule has 3 aliphatic rings. The number of hydrogen-bond acceptors (Lipinski definition) is 10. The van der Waals surface area contributed by atoms with Crippen LogP contribution < -0.4 is 16.0 Å². The number of nitrogens with two attached hydrogens (primary N) is 1. The molecular formula is C33H49N7O5. The molecule has 0 bridgehead atoms. The number of piperidine rings is 1.